The van der Waals surface area contributed by atoms with Crippen molar-refractivity contribution in [2.24, 2.45) is 0 Å². The summed E-state index contributed by atoms with van der Waals surface area (Å²) in [5.41, 5.74) is 3.81. The van der Waals surface area contributed by atoms with E-state index in [2.05, 4.69) is 4.98 Å². The number of non-ortho nitro benzene ring substituents is 1. The maximum absolute atomic E-state index is 12.5. The molecular weight excluding hydrogens is 280 g/mol. The molecule has 0 bridgehead atoms. The average molecular weight is 290 g/mol. The van der Waals surface area contributed by atoms with E-state index >= 15 is 0 Å². The number of ketones is 1. The van der Waals surface area contributed by atoms with Crippen molar-refractivity contribution in [2.75, 3.05) is 0 Å². The van der Waals surface area contributed by atoms with Crippen molar-refractivity contribution in [1.29, 1.82) is 0 Å². The van der Waals surface area contributed by atoms with Gasteiger partial charge in [-0.05, 0) is 18.6 Å². The van der Waals surface area contributed by atoms with Crippen LogP contribution < -0.4 is 0 Å². The molecule has 0 saturated carbocycles. The predicted molar refractivity (Wildman–Crippen MR) is 82.0 cm³/mol. The first-order chi connectivity index (χ1) is 10.6. The Kier molecular flexibility index (Phi) is 2.42. The molecule has 0 saturated heterocycles. The van der Waals surface area contributed by atoms with E-state index in [-0.39, 0.29) is 11.5 Å². The highest BCUT2D eigenvalue weighted by Gasteiger charge is 2.29. The summed E-state index contributed by atoms with van der Waals surface area (Å²) >= 11 is 0. The van der Waals surface area contributed by atoms with Gasteiger partial charge in [0.05, 0.1) is 21.5 Å². The monoisotopic (exact) mass is 290 g/mol. The van der Waals surface area contributed by atoms with Crippen molar-refractivity contribution < 1.29 is 9.72 Å². The summed E-state index contributed by atoms with van der Waals surface area (Å²) < 4.78 is 0. The van der Waals surface area contributed by atoms with Crippen molar-refractivity contribution in [2.45, 2.75) is 6.92 Å². The van der Waals surface area contributed by atoms with Gasteiger partial charge in [-0.1, -0.05) is 30.3 Å². The molecular formula is C17H10N2O3. The molecule has 106 valence electrons. The second-order valence-corrected chi connectivity index (χ2v) is 5.31. The zero-order chi connectivity index (χ0) is 15.4. The Morgan fingerprint density at radius 3 is 2.50 bits per heavy atom. The van der Waals surface area contributed by atoms with Gasteiger partial charge >= 0.3 is 0 Å². The molecule has 1 heterocycles. The van der Waals surface area contributed by atoms with Gasteiger partial charge in [0.25, 0.3) is 5.69 Å². The molecule has 0 atom stereocenters. The van der Waals surface area contributed by atoms with E-state index in [9.17, 15) is 14.9 Å². The van der Waals surface area contributed by atoms with Crippen LogP contribution in [0.25, 0.3) is 22.2 Å². The first kappa shape index (κ1) is 12.6. The fourth-order valence-electron chi connectivity index (χ4n) is 2.95. The Balaban J connectivity index is 2.14. The molecule has 5 heteroatoms. The van der Waals surface area contributed by atoms with Crippen LogP contribution in [0.4, 0.5) is 5.69 Å². The lowest BCUT2D eigenvalue weighted by atomic mass is 10.0. The van der Waals surface area contributed by atoms with E-state index in [1.807, 2.05) is 19.1 Å². The van der Waals surface area contributed by atoms with Gasteiger partial charge in [-0.15, -0.1) is 0 Å². The lowest BCUT2D eigenvalue weighted by molar-refractivity contribution is -0.383. The molecule has 3 aromatic rings. The summed E-state index contributed by atoms with van der Waals surface area (Å²) in [6.07, 6.45) is 0. The number of carbonyl (C=O) groups excluding carboxylic acids is 1. The van der Waals surface area contributed by atoms with Crippen molar-refractivity contribution >= 4 is 22.4 Å². The van der Waals surface area contributed by atoms with Crippen LogP contribution in [0.2, 0.25) is 0 Å². The summed E-state index contributed by atoms with van der Waals surface area (Å²) in [4.78, 5) is 27.8. The fourth-order valence-corrected chi connectivity index (χ4v) is 2.95. The molecule has 1 aromatic heterocycles. The first-order valence-electron chi connectivity index (χ1n) is 6.81. The Hall–Kier alpha value is -3.08. The summed E-state index contributed by atoms with van der Waals surface area (Å²) in [6.45, 7) is 1.86. The lowest BCUT2D eigenvalue weighted by Gasteiger charge is -2.06. The van der Waals surface area contributed by atoms with Gasteiger partial charge in [0.2, 0.25) is 0 Å². The Bertz CT molecular complexity index is 993. The molecule has 0 spiro atoms. The topological polar surface area (TPSA) is 73.1 Å². The van der Waals surface area contributed by atoms with Crippen molar-refractivity contribution in [1.82, 2.24) is 4.98 Å². The van der Waals surface area contributed by atoms with Crippen LogP contribution in [0, 0.1) is 17.0 Å². The molecule has 22 heavy (non-hydrogen) atoms. The fraction of sp³-hybridized carbons (Fsp3) is 0.0588. The first-order valence-corrected chi connectivity index (χ1v) is 6.81. The van der Waals surface area contributed by atoms with Crippen LogP contribution >= 0.6 is 0 Å². The van der Waals surface area contributed by atoms with E-state index in [0.29, 0.717) is 27.7 Å². The molecule has 0 N–H and O–H groups in total. The molecule has 0 fully saturated rings. The van der Waals surface area contributed by atoms with Crippen LogP contribution in [-0.4, -0.2) is 15.7 Å². The molecule has 0 aliphatic heterocycles. The summed E-state index contributed by atoms with van der Waals surface area (Å²) in [7, 11) is 0. The summed E-state index contributed by atoms with van der Waals surface area (Å²) in [6, 6.07) is 12.0. The van der Waals surface area contributed by atoms with Crippen LogP contribution in [0.3, 0.4) is 0 Å². The lowest BCUT2D eigenvalue weighted by Crippen LogP contribution is -1.98. The highest BCUT2D eigenvalue weighted by Crippen LogP contribution is 2.39. The normalized spacial score (nSPS) is 12.3. The SMILES string of the molecule is Cc1ccc([N+](=O)[O-])c2cc3c(nc12)-c1ccccc1C3=O. The number of fused-ring (bicyclic) bond motifs is 4. The number of hydrogen-bond donors (Lipinski definition) is 0. The maximum Gasteiger partial charge on any atom is 0.278 e. The average Bonchev–Trinajstić information content (AvgIpc) is 2.79. The van der Waals surface area contributed by atoms with Crippen molar-refractivity contribution in [3.63, 3.8) is 0 Å². The number of aryl methyl sites for hydroxylation is 1. The van der Waals surface area contributed by atoms with Gasteiger partial charge in [0.1, 0.15) is 0 Å². The third-order valence-corrected chi connectivity index (χ3v) is 4.03. The van der Waals surface area contributed by atoms with E-state index in [1.54, 1.807) is 24.3 Å². The highest BCUT2D eigenvalue weighted by molar-refractivity contribution is 6.22. The molecule has 2 aromatic carbocycles. The summed E-state index contributed by atoms with van der Waals surface area (Å²) in [5, 5.41) is 11.6. The number of carbonyl (C=O) groups is 1. The molecule has 1 aliphatic rings. The minimum atomic E-state index is -0.442. The van der Waals surface area contributed by atoms with Gasteiger partial charge in [-0.25, -0.2) is 4.98 Å². The number of nitrogens with zero attached hydrogens (tertiary/aromatic N) is 2. The second-order valence-electron chi connectivity index (χ2n) is 5.31. The Morgan fingerprint density at radius 2 is 1.77 bits per heavy atom. The minimum Gasteiger partial charge on any atom is -0.289 e. The molecule has 0 radical (unpaired) electrons. The molecule has 0 unspecified atom stereocenters. The van der Waals surface area contributed by atoms with Crippen LogP contribution in [-0.2, 0) is 0 Å². The number of benzene rings is 2. The highest BCUT2D eigenvalue weighted by atomic mass is 16.6. The second kappa shape index (κ2) is 4.21. The maximum atomic E-state index is 12.5. The third-order valence-electron chi connectivity index (χ3n) is 4.03. The molecule has 4 rings (SSSR count). The molecule has 5 nitrogen and oxygen atoms in total. The Labute approximate surface area is 125 Å². The quantitative estimate of drug-likeness (QED) is 0.396. The number of hydrogen-bond acceptors (Lipinski definition) is 4. The smallest absolute Gasteiger partial charge is 0.278 e. The van der Waals surface area contributed by atoms with E-state index in [4.69, 9.17) is 0 Å². The number of nitro groups is 1. The zero-order valence-electron chi connectivity index (χ0n) is 11.7. The van der Waals surface area contributed by atoms with Gasteiger partial charge in [0, 0.05) is 22.8 Å². The largest absolute Gasteiger partial charge is 0.289 e. The van der Waals surface area contributed by atoms with Gasteiger partial charge in [-0.2, -0.15) is 0 Å². The van der Waals surface area contributed by atoms with E-state index in [0.717, 1.165) is 11.1 Å². The van der Waals surface area contributed by atoms with Crippen molar-refractivity contribution in [3.8, 4) is 11.3 Å². The minimum absolute atomic E-state index is 0.0281. The summed E-state index contributed by atoms with van der Waals surface area (Å²) in [5.74, 6) is -0.129. The predicted octanol–water partition coefficient (Wildman–Crippen LogP) is 3.66. The number of pyridine rings is 1. The van der Waals surface area contributed by atoms with Crippen LogP contribution in [0.5, 0.6) is 0 Å². The van der Waals surface area contributed by atoms with Crippen LogP contribution in [0.15, 0.2) is 42.5 Å². The van der Waals surface area contributed by atoms with Gasteiger partial charge in [0.15, 0.2) is 5.78 Å². The van der Waals surface area contributed by atoms with E-state index in [1.165, 1.54) is 6.07 Å². The van der Waals surface area contributed by atoms with Crippen molar-refractivity contribution in [3.05, 3.63) is 69.3 Å². The number of rotatable bonds is 1. The van der Waals surface area contributed by atoms with Gasteiger partial charge in [-0.3, -0.25) is 14.9 Å². The number of nitro benzene ring substituents is 1. The third kappa shape index (κ3) is 1.53. The van der Waals surface area contributed by atoms with E-state index < -0.39 is 4.92 Å². The zero-order valence-corrected chi connectivity index (χ0v) is 11.7. The Morgan fingerprint density at radius 1 is 1.05 bits per heavy atom. The van der Waals surface area contributed by atoms with Gasteiger partial charge < -0.3 is 0 Å². The molecule has 0 amide bonds. The van der Waals surface area contributed by atoms with Crippen LogP contribution in [0.1, 0.15) is 21.5 Å². The number of aromatic nitrogens is 1. The standard InChI is InChI=1S/C17H10N2O3/c1-9-6-7-14(19(21)22)12-8-13-16(18-15(9)12)10-4-2-3-5-11(10)17(13)20/h2-8H,1H3. The molecule has 1 aliphatic carbocycles.